The lowest BCUT2D eigenvalue weighted by atomic mass is 9.88. The Morgan fingerprint density at radius 1 is 1.36 bits per heavy atom. The van der Waals surface area contributed by atoms with E-state index in [2.05, 4.69) is 0 Å². The van der Waals surface area contributed by atoms with Gasteiger partial charge in [-0.15, -0.1) is 0 Å². The molecule has 0 aliphatic rings. The van der Waals surface area contributed by atoms with E-state index in [4.69, 9.17) is 0 Å². The first-order valence-corrected chi connectivity index (χ1v) is 4.85. The molecule has 0 radical (unpaired) electrons. The third kappa shape index (κ3) is 2.25. The summed E-state index contributed by atoms with van der Waals surface area (Å²) in [7, 11) is 7.44. The molecule has 14 heavy (non-hydrogen) atoms. The van der Waals surface area contributed by atoms with Crippen LogP contribution in [0.4, 0.5) is 0 Å². The molecule has 0 saturated heterocycles. The van der Waals surface area contributed by atoms with E-state index in [0.29, 0.717) is 0 Å². The molecule has 0 fully saturated rings. The summed E-state index contributed by atoms with van der Waals surface area (Å²) in [5.74, 6) is -0.775. The molecule has 0 rings (SSSR count). The molecule has 0 aliphatic heterocycles. The molecule has 0 aromatic heterocycles. The van der Waals surface area contributed by atoms with E-state index in [9.17, 15) is 9.90 Å². The summed E-state index contributed by atoms with van der Waals surface area (Å²) in [6, 6.07) is 0.00926. The molecule has 0 heterocycles. The Labute approximate surface area is 86.5 Å². The number of carboxylic acid groups (broad SMARTS) is 1. The van der Waals surface area contributed by atoms with E-state index >= 15 is 0 Å². The van der Waals surface area contributed by atoms with Crippen LogP contribution in [0, 0.1) is 0 Å². The van der Waals surface area contributed by atoms with Gasteiger partial charge in [-0.2, -0.15) is 0 Å². The van der Waals surface area contributed by atoms with Crippen molar-refractivity contribution >= 4 is 5.97 Å². The van der Waals surface area contributed by atoms with Crippen molar-refractivity contribution in [2.75, 3.05) is 28.2 Å². The Bertz CT molecular complexity index is 204. The zero-order chi connectivity index (χ0) is 11.5. The molecular weight excluding hydrogens is 180 g/mol. The van der Waals surface area contributed by atoms with E-state index in [0.717, 1.165) is 6.42 Å². The van der Waals surface area contributed by atoms with Crippen LogP contribution in [0.5, 0.6) is 0 Å². The van der Waals surface area contributed by atoms with Crippen molar-refractivity contribution in [2.24, 2.45) is 0 Å². The standard InChI is InChI=1S/C10H22N2O2/c1-7-8(11(3)4)10(2,9(13)14)12(5)6/h8H,7H2,1-6H3,(H,13,14). The average molecular weight is 202 g/mol. The zero-order valence-corrected chi connectivity index (χ0v) is 10.0. The van der Waals surface area contributed by atoms with Crippen LogP contribution >= 0.6 is 0 Å². The number of hydrogen-bond acceptors (Lipinski definition) is 3. The van der Waals surface area contributed by atoms with Crippen molar-refractivity contribution in [3.05, 3.63) is 0 Å². The highest BCUT2D eigenvalue weighted by molar-refractivity contribution is 5.79. The van der Waals surface area contributed by atoms with Gasteiger partial charge in [0.25, 0.3) is 0 Å². The first-order valence-electron chi connectivity index (χ1n) is 4.85. The lowest BCUT2D eigenvalue weighted by Gasteiger charge is -2.42. The lowest BCUT2D eigenvalue weighted by Crippen LogP contribution is -2.61. The first kappa shape index (κ1) is 13.4. The van der Waals surface area contributed by atoms with Gasteiger partial charge in [-0.25, -0.2) is 0 Å². The number of aliphatic carboxylic acids is 1. The summed E-state index contributed by atoms with van der Waals surface area (Å²) >= 11 is 0. The molecule has 0 amide bonds. The van der Waals surface area contributed by atoms with Crippen LogP contribution in [-0.2, 0) is 4.79 Å². The number of likely N-dealkylation sites (N-methyl/N-ethyl adjacent to an activating group) is 2. The average Bonchev–Trinajstić information content (AvgIpc) is 2.03. The van der Waals surface area contributed by atoms with Gasteiger partial charge < -0.3 is 10.0 Å². The van der Waals surface area contributed by atoms with E-state index in [-0.39, 0.29) is 6.04 Å². The van der Waals surface area contributed by atoms with Crippen molar-refractivity contribution in [1.82, 2.24) is 9.80 Å². The molecule has 2 unspecified atom stereocenters. The topological polar surface area (TPSA) is 43.8 Å². The van der Waals surface area contributed by atoms with Gasteiger partial charge in [-0.3, -0.25) is 9.69 Å². The van der Waals surface area contributed by atoms with Gasteiger partial charge in [0, 0.05) is 6.04 Å². The molecule has 4 nitrogen and oxygen atoms in total. The number of rotatable bonds is 5. The normalized spacial score (nSPS) is 18.3. The van der Waals surface area contributed by atoms with Crippen molar-refractivity contribution in [3.8, 4) is 0 Å². The third-order valence-electron chi connectivity index (χ3n) is 3.02. The molecule has 1 N–H and O–H groups in total. The molecule has 2 atom stereocenters. The maximum Gasteiger partial charge on any atom is 0.325 e. The van der Waals surface area contributed by atoms with Gasteiger partial charge in [0.05, 0.1) is 0 Å². The second-order valence-corrected chi connectivity index (χ2v) is 4.23. The van der Waals surface area contributed by atoms with Crippen molar-refractivity contribution < 1.29 is 9.90 Å². The van der Waals surface area contributed by atoms with Gasteiger partial charge in [-0.1, -0.05) is 6.92 Å². The summed E-state index contributed by atoms with van der Waals surface area (Å²) in [6.07, 6.45) is 0.813. The van der Waals surface area contributed by atoms with Gasteiger partial charge in [0.1, 0.15) is 5.54 Å². The van der Waals surface area contributed by atoms with E-state index in [1.54, 1.807) is 25.9 Å². The summed E-state index contributed by atoms with van der Waals surface area (Å²) in [5.41, 5.74) is -0.835. The number of hydrogen-bond donors (Lipinski definition) is 1. The highest BCUT2D eigenvalue weighted by Gasteiger charge is 2.43. The summed E-state index contributed by atoms with van der Waals surface area (Å²) < 4.78 is 0. The fourth-order valence-electron chi connectivity index (χ4n) is 1.90. The number of carboxylic acids is 1. The Morgan fingerprint density at radius 2 is 1.79 bits per heavy atom. The van der Waals surface area contributed by atoms with Gasteiger partial charge in [0.15, 0.2) is 0 Å². The van der Waals surface area contributed by atoms with Gasteiger partial charge in [0.2, 0.25) is 0 Å². The molecule has 84 valence electrons. The second-order valence-electron chi connectivity index (χ2n) is 4.23. The first-order chi connectivity index (χ1) is 6.28. The van der Waals surface area contributed by atoms with Crippen LogP contribution in [0.3, 0.4) is 0 Å². The Hall–Kier alpha value is -0.610. The molecule has 0 aliphatic carbocycles. The zero-order valence-electron chi connectivity index (χ0n) is 10.0. The fourth-order valence-corrected chi connectivity index (χ4v) is 1.90. The lowest BCUT2D eigenvalue weighted by molar-refractivity contribution is -0.153. The maximum absolute atomic E-state index is 11.3. The summed E-state index contributed by atoms with van der Waals surface area (Å²) in [4.78, 5) is 15.0. The molecule has 0 saturated carbocycles. The van der Waals surface area contributed by atoms with Crippen molar-refractivity contribution in [2.45, 2.75) is 31.8 Å². The van der Waals surface area contributed by atoms with Gasteiger partial charge >= 0.3 is 5.97 Å². The van der Waals surface area contributed by atoms with Crippen LogP contribution < -0.4 is 0 Å². The summed E-state index contributed by atoms with van der Waals surface area (Å²) in [5, 5.41) is 9.28. The van der Waals surface area contributed by atoms with Crippen LogP contribution in [0.1, 0.15) is 20.3 Å². The van der Waals surface area contributed by atoms with Crippen LogP contribution in [0.25, 0.3) is 0 Å². The fraction of sp³-hybridized carbons (Fsp3) is 0.900. The molecular formula is C10H22N2O2. The van der Waals surface area contributed by atoms with Crippen LogP contribution in [-0.4, -0.2) is 60.6 Å². The predicted octanol–water partition coefficient (Wildman–Crippen LogP) is 0.732. The SMILES string of the molecule is CCC(N(C)C)C(C)(C(=O)O)N(C)C. The minimum atomic E-state index is -0.835. The number of carbonyl (C=O) groups is 1. The smallest absolute Gasteiger partial charge is 0.325 e. The van der Waals surface area contributed by atoms with E-state index < -0.39 is 11.5 Å². The monoisotopic (exact) mass is 202 g/mol. The minimum Gasteiger partial charge on any atom is -0.480 e. The highest BCUT2D eigenvalue weighted by Crippen LogP contribution is 2.23. The van der Waals surface area contributed by atoms with Crippen LogP contribution in [0.2, 0.25) is 0 Å². The third-order valence-corrected chi connectivity index (χ3v) is 3.02. The maximum atomic E-state index is 11.3. The van der Waals surface area contributed by atoms with E-state index in [1.165, 1.54) is 0 Å². The second kappa shape index (κ2) is 4.75. The molecule has 0 aromatic rings. The quantitative estimate of drug-likeness (QED) is 0.714. The van der Waals surface area contributed by atoms with Crippen molar-refractivity contribution in [1.29, 1.82) is 0 Å². The molecule has 0 aromatic carbocycles. The Kier molecular flexibility index (Phi) is 4.55. The molecule has 4 heteroatoms. The van der Waals surface area contributed by atoms with Crippen LogP contribution in [0.15, 0.2) is 0 Å². The number of nitrogens with zero attached hydrogens (tertiary/aromatic N) is 2. The Balaban J connectivity index is 5.07. The molecule has 0 spiro atoms. The minimum absolute atomic E-state index is 0.00926. The molecule has 0 bridgehead atoms. The van der Waals surface area contributed by atoms with Crippen molar-refractivity contribution in [3.63, 3.8) is 0 Å². The predicted molar refractivity (Wildman–Crippen MR) is 57.5 cm³/mol. The van der Waals surface area contributed by atoms with Gasteiger partial charge in [-0.05, 0) is 41.5 Å². The highest BCUT2D eigenvalue weighted by atomic mass is 16.4. The largest absolute Gasteiger partial charge is 0.480 e. The summed E-state index contributed by atoms with van der Waals surface area (Å²) in [6.45, 7) is 3.78. The Morgan fingerprint density at radius 3 is 1.86 bits per heavy atom. The van der Waals surface area contributed by atoms with E-state index in [1.807, 2.05) is 25.9 Å².